The Bertz CT molecular complexity index is 381. The predicted molar refractivity (Wildman–Crippen MR) is 76.7 cm³/mol. The lowest BCUT2D eigenvalue weighted by Gasteiger charge is -2.29. The van der Waals surface area contributed by atoms with Crippen LogP contribution in [-0.4, -0.2) is 34.0 Å². The molecule has 18 heavy (non-hydrogen) atoms. The number of aliphatic carboxylic acids is 1. The minimum absolute atomic E-state index is 0. The number of carboxylic acids is 1. The Kier molecular flexibility index (Phi) is 7.54. The van der Waals surface area contributed by atoms with Gasteiger partial charge in [-0.1, -0.05) is 0 Å². The van der Waals surface area contributed by atoms with Crippen molar-refractivity contribution in [3.05, 3.63) is 11.1 Å². The molecule has 0 saturated carbocycles. The normalized spacial score (nSPS) is 16.7. The summed E-state index contributed by atoms with van der Waals surface area (Å²) < 4.78 is 0. The lowest BCUT2D eigenvalue weighted by atomic mass is 9.97. The summed E-state index contributed by atoms with van der Waals surface area (Å²) in [6.45, 7) is 2.43. The molecule has 0 unspecified atom stereocenters. The van der Waals surface area contributed by atoms with Crippen LogP contribution in [0.5, 0.6) is 0 Å². The van der Waals surface area contributed by atoms with E-state index < -0.39 is 5.97 Å². The van der Waals surface area contributed by atoms with E-state index in [4.69, 9.17) is 10.8 Å². The van der Waals surface area contributed by atoms with Crippen molar-refractivity contribution in [2.75, 3.05) is 18.8 Å². The fourth-order valence-electron chi connectivity index (χ4n) is 1.96. The molecule has 104 valence electrons. The molecule has 0 aliphatic carbocycles. The summed E-state index contributed by atoms with van der Waals surface area (Å²) in [5.41, 5.74) is 6.54. The molecule has 5 nitrogen and oxygen atoms in total. The maximum atomic E-state index is 10.8. The first kappa shape index (κ1) is 17.4. The Morgan fingerprint density at radius 3 is 2.56 bits per heavy atom. The minimum Gasteiger partial charge on any atom is -0.481 e. The maximum absolute atomic E-state index is 10.8. The molecule has 0 spiro atoms. The van der Waals surface area contributed by atoms with Crippen LogP contribution in [0.15, 0.2) is 5.38 Å². The van der Waals surface area contributed by atoms with Crippen LogP contribution < -0.4 is 5.73 Å². The highest BCUT2D eigenvalue weighted by Gasteiger charge is 2.24. The molecule has 3 N–H and O–H groups in total. The molecule has 0 amide bonds. The quantitative estimate of drug-likeness (QED) is 0.890. The lowest BCUT2D eigenvalue weighted by molar-refractivity contribution is -0.143. The van der Waals surface area contributed by atoms with Gasteiger partial charge in [-0.2, -0.15) is 0 Å². The molecular formula is C10H17Cl2N3O2S. The number of rotatable bonds is 3. The topological polar surface area (TPSA) is 79.5 Å². The summed E-state index contributed by atoms with van der Waals surface area (Å²) in [6, 6.07) is 0. The number of nitrogens with zero attached hydrogens (tertiary/aromatic N) is 2. The first-order valence-corrected chi connectivity index (χ1v) is 6.18. The smallest absolute Gasteiger partial charge is 0.306 e. The SMILES string of the molecule is Cl.Cl.Nc1nc(CN2CCC(C(=O)O)CC2)cs1. The highest BCUT2D eigenvalue weighted by molar-refractivity contribution is 7.13. The van der Waals surface area contributed by atoms with Crippen LogP contribution in [0.1, 0.15) is 18.5 Å². The van der Waals surface area contributed by atoms with E-state index in [2.05, 4.69) is 9.88 Å². The second-order valence-corrected chi connectivity index (χ2v) is 4.96. The molecule has 2 heterocycles. The molecule has 0 radical (unpaired) electrons. The van der Waals surface area contributed by atoms with Crippen LogP contribution in [0.3, 0.4) is 0 Å². The average Bonchev–Trinajstić information content (AvgIpc) is 2.65. The third-order valence-corrected chi connectivity index (χ3v) is 3.61. The number of hydrogen-bond acceptors (Lipinski definition) is 5. The molecule has 1 fully saturated rings. The van der Waals surface area contributed by atoms with Crippen LogP contribution in [0.25, 0.3) is 0 Å². The van der Waals surface area contributed by atoms with Gasteiger partial charge in [0.2, 0.25) is 0 Å². The third kappa shape index (κ3) is 4.61. The van der Waals surface area contributed by atoms with E-state index in [-0.39, 0.29) is 30.7 Å². The van der Waals surface area contributed by atoms with Crippen molar-refractivity contribution in [2.45, 2.75) is 19.4 Å². The van der Waals surface area contributed by atoms with Crippen molar-refractivity contribution in [3.8, 4) is 0 Å². The van der Waals surface area contributed by atoms with E-state index in [0.29, 0.717) is 5.13 Å². The van der Waals surface area contributed by atoms with Gasteiger partial charge >= 0.3 is 5.97 Å². The standard InChI is InChI=1S/C10H15N3O2S.2ClH/c11-10-12-8(6-16-10)5-13-3-1-7(2-4-13)9(14)15;;/h6-7H,1-5H2,(H2,11,12)(H,14,15);2*1H. The van der Waals surface area contributed by atoms with Crippen molar-refractivity contribution in [2.24, 2.45) is 5.92 Å². The number of halogens is 2. The molecule has 2 rings (SSSR count). The van der Waals surface area contributed by atoms with E-state index in [1.807, 2.05) is 5.38 Å². The van der Waals surface area contributed by atoms with Crippen LogP contribution in [0.2, 0.25) is 0 Å². The molecule has 1 aliphatic heterocycles. The van der Waals surface area contributed by atoms with Crippen LogP contribution in [0, 0.1) is 5.92 Å². The number of piperidine rings is 1. The number of aromatic nitrogens is 1. The van der Waals surface area contributed by atoms with Gasteiger partial charge in [0.25, 0.3) is 0 Å². The molecule has 0 bridgehead atoms. The van der Waals surface area contributed by atoms with Crippen molar-refractivity contribution in [3.63, 3.8) is 0 Å². The molecule has 1 aromatic heterocycles. The van der Waals surface area contributed by atoms with Crippen molar-refractivity contribution in [1.82, 2.24) is 9.88 Å². The number of nitrogen functional groups attached to an aromatic ring is 1. The molecule has 0 atom stereocenters. The van der Waals surface area contributed by atoms with Gasteiger partial charge in [0.15, 0.2) is 5.13 Å². The summed E-state index contributed by atoms with van der Waals surface area (Å²) in [5, 5.41) is 11.4. The molecule has 1 saturated heterocycles. The zero-order valence-electron chi connectivity index (χ0n) is 9.74. The largest absolute Gasteiger partial charge is 0.481 e. The van der Waals surface area contributed by atoms with E-state index >= 15 is 0 Å². The van der Waals surface area contributed by atoms with Crippen molar-refractivity contribution >= 4 is 47.3 Å². The second-order valence-electron chi connectivity index (χ2n) is 4.07. The second kappa shape index (κ2) is 7.78. The van der Waals surface area contributed by atoms with Crippen molar-refractivity contribution < 1.29 is 9.90 Å². The highest BCUT2D eigenvalue weighted by atomic mass is 35.5. The summed E-state index contributed by atoms with van der Waals surface area (Å²) in [7, 11) is 0. The number of nitrogens with two attached hydrogens (primary N) is 1. The Morgan fingerprint density at radius 1 is 1.50 bits per heavy atom. The van der Waals surface area contributed by atoms with E-state index in [0.717, 1.165) is 38.2 Å². The van der Waals surface area contributed by atoms with Crippen LogP contribution in [0.4, 0.5) is 5.13 Å². The van der Waals surface area contributed by atoms with Crippen LogP contribution >= 0.6 is 36.2 Å². The molecule has 8 heteroatoms. The third-order valence-electron chi connectivity index (χ3n) is 2.89. The van der Waals surface area contributed by atoms with E-state index in [9.17, 15) is 4.79 Å². The van der Waals surface area contributed by atoms with Gasteiger partial charge in [-0.15, -0.1) is 36.2 Å². The average molecular weight is 314 g/mol. The fourth-order valence-corrected chi connectivity index (χ4v) is 2.52. The van der Waals surface area contributed by atoms with E-state index in [1.165, 1.54) is 11.3 Å². The Hall–Kier alpha value is -0.560. The van der Waals surface area contributed by atoms with Gasteiger partial charge in [-0.25, -0.2) is 4.98 Å². The molecule has 0 aromatic carbocycles. The number of anilines is 1. The van der Waals surface area contributed by atoms with Crippen LogP contribution in [-0.2, 0) is 11.3 Å². The van der Waals surface area contributed by atoms with Gasteiger partial charge in [-0.05, 0) is 25.9 Å². The summed E-state index contributed by atoms with van der Waals surface area (Å²) in [5.74, 6) is -0.839. The predicted octanol–water partition coefficient (Wildman–Crippen LogP) is 1.87. The zero-order valence-corrected chi connectivity index (χ0v) is 12.2. The number of carboxylic acid groups (broad SMARTS) is 1. The first-order valence-electron chi connectivity index (χ1n) is 5.30. The number of likely N-dealkylation sites (tertiary alicyclic amines) is 1. The van der Waals surface area contributed by atoms with Gasteiger partial charge in [0, 0.05) is 11.9 Å². The Morgan fingerprint density at radius 2 is 2.11 bits per heavy atom. The summed E-state index contributed by atoms with van der Waals surface area (Å²) in [4.78, 5) is 17.2. The van der Waals surface area contributed by atoms with E-state index in [1.54, 1.807) is 0 Å². The monoisotopic (exact) mass is 313 g/mol. The number of carbonyl (C=O) groups is 1. The lowest BCUT2D eigenvalue weighted by Crippen LogP contribution is -2.35. The molecule has 1 aliphatic rings. The van der Waals surface area contributed by atoms with Gasteiger partial charge in [-0.3, -0.25) is 9.69 Å². The van der Waals surface area contributed by atoms with Gasteiger partial charge in [0.1, 0.15) is 0 Å². The maximum Gasteiger partial charge on any atom is 0.306 e. The summed E-state index contributed by atoms with van der Waals surface area (Å²) >= 11 is 1.44. The molecular weight excluding hydrogens is 297 g/mol. The number of hydrogen-bond donors (Lipinski definition) is 2. The van der Waals surface area contributed by atoms with Crippen molar-refractivity contribution in [1.29, 1.82) is 0 Å². The zero-order chi connectivity index (χ0) is 11.5. The summed E-state index contributed by atoms with van der Waals surface area (Å²) in [6.07, 6.45) is 1.46. The fraction of sp³-hybridized carbons (Fsp3) is 0.600. The van der Waals surface area contributed by atoms with Gasteiger partial charge < -0.3 is 10.8 Å². The first-order chi connectivity index (χ1) is 7.65. The minimum atomic E-state index is -0.669. The Labute approximate surface area is 122 Å². The van der Waals surface area contributed by atoms with Gasteiger partial charge in [0.05, 0.1) is 11.6 Å². The molecule has 1 aromatic rings. The Balaban J connectivity index is 0.00000144. The highest BCUT2D eigenvalue weighted by Crippen LogP contribution is 2.20. The number of thiazole rings is 1.